The van der Waals surface area contributed by atoms with E-state index in [4.69, 9.17) is 0 Å². The first-order valence-corrected chi connectivity index (χ1v) is 9.14. The lowest BCUT2D eigenvalue weighted by molar-refractivity contribution is 0.677. The molecule has 4 heterocycles. The molecule has 5 rings (SSSR count). The summed E-state index contributed by atoms with van der Waals surface area (Å²) in [4.78, 5) is 17.5. The summed E-state index contributed by atoms with van der Waals surface area (Å²) < 4.78 is 3.89. The summed E-state index contributed by atoms with van der Waals surface area (Å²) in [6, 6.07) is 13.9. The highest BCUT2D eigenvalue weighted by molar-refractivity contribution is 5.86. The molecule has 8 heteroatoms. The van der Waals surface area contributed by atoms with Crippen LogP contribution in [-0.4, -0.2) is 40.8 Å². The minimum atomic E-state index is 0.731. The highest BCUT2D eigenvalue weighted by Crippen LogP contribution is 2.20. The Kier molecular flexibility index (Phi) is 4.13. The van der Waals surface area contributed by atoms with Gasteiger partial charge in [0.15, 0.2) is 11.5 Å². The van der Waals surface area contributed by atoms with E-state index in [1.54, 1.807) is 23.4 Å². The number of nitrogens with zero attached hydrogens (tertiary/aromatic N) is 7. The number of hydrogen-bond acceptors (Lipinski definition) is 6. The van der Waals surface area contributed by atoms with Gasteiger partial charge < -0.3 is 9.88 Å². The van der Waals surface area contributed by atoms with Crippen LogP contribution in [0.4, 0.5) is 5.82 Å². The number of imidazole rings is 1. The SMILES string of the molecule is c1ccc(-n2ncc3c(NCCCn4cnc5ccccc54)ncnc32)nc1. The quantitative estimate of drug-likeness (QED) is 0.462. The fourth-order valence-corrected chi connectivity index (χ4v) is 3.28. The minimum absolute atomic E-state index is 0.731. The van der Waals surface area contributed by atoms with Crippen molar-refractivity contribution in [3.05, 3.63) is 67.5 Å². The van der Waals surface area contributed by atoms with E-state index in [0.717, 1.165) is 53.2 Å². The zero-order chi connectivity index (χ0) is 18.8. The Morgan fingerprint density at radius 3 is 2.79 bits per heavy atom. The van der Waals surface area contributed by atoms with Gasteiger partial charge in [0.2, 0.25) is 0 Å². The van der Waals surface area contributed by atoms with Crippen molar-refractivity contribution >= 4 is 27.9 Å². The molecule has 28 heavy (non-hydrogen) atoms. The van der Waals surface area contributed by atoms with Crippen molar-refractivity contribution in [2.75, 3.05) is 11.9 Å². The highest BCUT2D eigenvalue weighted by Gasteiger charge is 2.11. The fraction of sp³-hybridized carbons (Fsp3) is 0.150. The summed E-state index contributed by atoms with van der Waals surface area (Å²) in [7, 11) is 0. The monoisotopic (exact) mass is 370 g/mol. The second-order valence-corrected chi connectivity index (χ2v) is 6.41. The first kappa shape index (κ1) is 16.4. The van der Waals surface area contributed by atoms with Gasteiger partial charge >= 0.3 is 0 Å². The molecule has 0 aliphatic heterocycles. The lowest BCUT2D eigenvalue weighted by Crippen LogP contribution is -2.08. The molecule has 0 saturated carbocycles. The molecule has 0 aliphatic rings. The predicted molar refractivity (Wildman–Crippen MR) is 107 cm³/mol. The summed E-state index contributed by atoms with van der Waals surface area (Å²) in [5, 5.41) is 8.71. The Bertz CT molecular complexity index is 1220. The molecule has 0 atom stereocenters. The summed E-state index contributed by atoms with van der Waals surface area (Å²) in [6.45, 7) is 1.67. The molecule has 0 aliphatic carbocycles. The zero-order valence-electron chi connectivity index (χ0n) is 15.1. The van der Waals surface area contributed by atoms with E-state index in [1.807, 2.05) is 42.7 Å². The average molecular weight is 370 g/mol. The summed E-state index contributed by atoms with van der Waals surface area (Å²) >= 11 is 0. The largest absolute Gasteiger partial charge is 0.369 e. The molecule has 8 nitrogen and oxygen atoms in total. The van der Waals surface area contributed by atoms with E-state index in [-0.39, 0.29) is 0 Å². The number of rotatable bonds is 6. The van der Waals surface area contributed by atoms with E-state index >= 15 is 0 Å². The Balaban J connectivity index is 1.30. The van der Waals surface area contributed by atoms with E-state index in [9.17, 15) is 0 Å². The number of pyridine rings is 1. The maximum absolute atomic E-state index is 4.43. The van der Waals surface area contributed by atoms with Crippen LogP contribution >= 0.6 is 0 Å². The predicted octanol–water partition coefficient (Wildman–Crippen LogP) is 3.06. The van der Waals surface area contributed by atoms with E-state index in [0.29, 0.717) is 0 Å². The van der Waals surface area contributed by atoms with Gasteiger partial charge in [0.25, 0.3) is 0 Å². The zero-order valence-corrected chi connectivity index (χ0v) is 15.1. The van der Waals surface area contributed by atoms with Gasteiger partial charge in [-0.25, -0.2) is 19.9 Å². The van der Waals surface area contributed by atoms with Crippen molar-refractivity contribution in [3.63, 3.8) is 0 Å². The fourth-order valence-electron chi connectivity index (χ4n) is 3.28. The number of nitrogens with one attached hydrogen (secondary N) is 1. The number of para-hydroxylation sites is 2. The number of anilines is 1. The highest BCUT2D eigenvalue weighted by atomic mass is 15.3. The molecule has 5 aromatic rings. The molecule has 0 radical (unpaired) electrons. The summed E-state index contributed by atoms with van der Waals surface area (Å²) in [6.07, 6.45) is 7.90. The van der Waals surface area contributed by atoms with Crippen molar-refractivity contribution in [2.45, 2.75) is 13.0 Å². The molecule has 0 spiro atoms. The van der Waals surface area contributed by atoms with Crippen molar-refractivity contribution in [1.29, 1.82) is 0 Å². The standard InChI is InChI=1S/C20H18N8/c1-2-7-17-16(6-1)25-14-27(17)11-5-10-22-19-15-12-26-28(20(15)24-13-23-19)18-8-3-4-9-21-18/h1-4,6-9,12-14H,5,10-11H2,(H,22,23,24). The van der Waals surface area contributed by atoms with Gasteiger partial charge in [-0.05, 0) is 30.7 Å². The van der Waals surface area contributed by atoms with Crippen LogP contribution in [0.15, 0.2) is 67.5 Å². The van der Waals surface area contributed by atoms with Gasteiger partial charge in [0, 0.05) is 19.3 Å². The van der Waals surface area contributed by atoms with Crippen molar-refractivity contribution < 1.29 is 0 Å². The van der Waals surface area contributed by atoms with Gasteiger partial charge in [0.05, 0.1) is 28.9 Å². The van der Waals surface area contributed by atoms with E-state index < -0.39 is 0 Å². The molecule has 0 unspecified atom stereocenters. The lowest BCUT2D eigenvalue weighted by Gasteiger charge is -2.08. The van der Waals surface area contributed by atoms with E-state index in [1.165, 1.54) is 0 Å². The third-order valence-electron chi connectivity index (χ3n) is 4.63. The Hall–Kier alpha value is -3.81. The Morgan fingerprint density at radius 2 is 1.86 bits per heavy atom. The van der Waals surface area contributed by atoms with Crippen LogP contribution in [0.1, 0.15) is 6.42 Å². The molecular weight excluding hydrogens is 352 g/mol. The summed E-state index contributed by atoms with van der Waals surface area (Å²) in [5.41, 5.74) is 2.91. The number of hydrogen-bond donors (Lipinski definition) is 1. The number of aryl methyl sites for hydroxylation is 1. The molecule has 0 saturated heterocycles. The molecule has 4 aromatic heterocycles. The van der Waals surface area contributed by atoms with Gasteiger partial charge in [0.1, 0.15) is 12.1 Å². The summed E-state index contributed by atoms with van der Waals surface area (Å²) in [5.74, 6) is 1.51. The average Bonchev–Trinajstić information content (AvgIpc) is 3.37. The number of aromatic nitrogens is 7. The van der Waals surface area contributed by atoms with Crippen LogP contribution in [0, 0.1) is 0 Å². The minimum Gasteiger partial charge on any atom is -0.369 e. The topological polar surface area (TPSA) is 86.3 Å². The first-order valence-electron chi connectivity index (χ1n) is 9.14. The lowest BCUT2D eigenvalue weighted by atomic mass is 10.3. The number of fused-ring (bicyclic) bond motifs is 2. The first-order chi connectivity index (χ1) is 13.9. The van der Waals surface area contributed by atoms with Crippen LogP contribution < -0.4 is 5.32 Å². The van der Waals surface area contributed by atoms with Gasteiger partial charge in [-0.3, -0.25) is 0 Å². The molecule has 1 N–H and O–H groups in total. The number of benzene rings is 1. The van der Waals surface area contributed by atoms with Crippen LogP contribution in [0.25, 0.3) is 27.9 Å². The molecule has 1 aromatic carbocycles. The van der Waals surface area contributed by atoms with Gasteiger partial charge in [-0.1, -0.05) is 18.2 Å². The maximum atomic E-state index is 4.43. The van der Waals surface area contributed by atoms with Gasteiger partial charge in [-0.15, -0.1) is 0 Å². The van der Waals surface area contributed by atoms with Crippen molar-refractivity contribution in [2.24, 2.45) is 0 Å². The van der Waals surface area contributed by atoms with E-state index in [2.05, 4.69) is 41.0 Å². The van der Waals surface area contributed by atoms with Crippen molar-refractivity contribution in [1.82, 2.24) is 34.3 Å². The normalized spacial score (nSPS) is 11.3. The molecular formula is C20H18N8. The smallest absolute Gasteiger partial charge is 0.170 e. The molecule has 0 fully saturated rings. The second kappa shape index (κ2) is 7.07. The van der Waals surface area contributed by atoms with Crippen molar-refractivity contribution in [3.8, 4) is 5.82 Å². The Morgan fingerprint density at radius 1 is 0.929 bits per heavy atom. The Labute approximate surface area is 160 Å². The van der Waals surface area contributed by atoms with Crippen LogP contribution in [0.5, 0.6) is 0 Å². The third-order valence-corrected chi connectivity index (χ3v) is 4.63. The van der Waals surface area contributed by atoms with Crippen LogP contribution in [0.3, 0.4) is 0 Å². The van der Waals surface area contributed by atoms with Gasteiger partial charge in [-0.2, -0.15) is 9.78 Å². The van der Waals surface area contributed by atoms with Crippen LogP contribution in [0.2, 0.25) is 0 Å². The molecule has 138 valence electrons. The maximum Gasteiger partial charge on any atom is 0.170 e. The molecule has 0 amide bonds. The third kappa shape index (κ3) is 2.94. The van der Waals surface area contributed by atoms with Crippen LogP contribution in [-0.2, 0) is 6.54 Å². The second-order valence-electron chi connectivity index (χ2n) is 6.41. The molecule has 0 bridgehead atoms.